The minimum atomic E-state index is -0.582. The smallest absolute Gasteiger partial charge is 0.220 e. The second kappa shape index (κ2) is 8.74. The zero-order valence-electron chi connectivity index (χ0n) is 17.8. The lowest BCUT2D eigenvalue weighted by Gasteiger charge is -2.58. The first-order valence-electron chi connectivity index (χ1n) is 10.7. The molecule has 5 atom stereocenters. The van der Waals surface area contributed by atoms with E-state index >= 15 is 0 Å². The van der Waals surface area contributed by atoms with Crippen LogP contribution in [0.5, 0.6) is 0 Å². The molecule has 6 nitrogen and oxygen atoms in total. The Morgan fingerprint density at radius 1 is 1.45 bits per heavy atom. The number of aliphatic hydroxyl groups is 2. The Bertz CT molecular complexity index is 752. The average molecular weight is 422 g/mol. The number of carbonyl (C=O) groups excluding carboxylic acids is 1. The second-order valence-corrected chi connectivity index (χ2v) is 10.2. The fourth-order valence-electron chi connectivity index (χ4n) is 5.40. The highest BCUT2D eigenvalue weighted by Crippen LogP contribution is 2.62. The molecule has 3 rings (SSSR count). The van der Waals surface area contributed by atoms with E-state index < -0.39 is 11.5 Å². The Kier molecular flexibility index (Phi) is 6.70. The maximum atomic E-state index is 12.7. The molecule has 0 aromatic carbocycles. The van der Waals surface area contributed by atoms with Gasteiger partial charge in [-0.15, -0.1) is 17.9 Å². The van der Waals surface area contributed by atoms with Gasteiger partial charge in [0.05, 0.1) is 18.4 Å². The summed E-state index contributed by atoms with van der Waals surface area (Å²) in [6, 6.07) is 0. The number of aromatic nitrogens is 1. The Hall–Kier alpha value is -1.44. The predicted octanol–water partition coefficient (Wildman–Crippen LogP) is 3.07. The van der Waals surface area contributed by atoms with E-state index in [1.807, 2.05) is 13.8 Å². The maximum Gasteiger partial charge on any atom is 0.220 e. The molecule has 7 heteroatoms. The van der Waals surface area contributed by atoms with Crippen molar-refractivity contribution < 1.29 is 15.0 Å². The number of thiazole rings is 1. The van der Waals surface area contributed by atoms with Gasteiger partial charge in [0.25, 0.3) is 0 Å². The minimum absolute atomic E-state index is 0.0259. The molecule has 1 fully saturated rings. The number of nitrogens with zero attached hydrogens (tertiary/aromatic N) is 1. The van der Waals surface area contributed by atoms with Crippen LogP contribution in [0.1, 0.15) is 62.9 Å². The van der Waals surface area contributed by atoms with Crippen LogP contribution in [0.15, 0.2) is 12.7 Å². The lowest BCUT2D eigenvalue weighted by atomic mass is 9.47. The van der Waals surface area contributed by atoms with E-state index in [2.05, 4.69) is 24.1 Å². The summed E-state index contributed by atoms with van der Waals surface area (Å²) < 4.78 is 0. The predicted molar refractivity (Wildman–Crippen MR) is 117 cm³/mol. The zero-order chi connectivity index (χ0) is 21.2. The van der Waals surface area contributed by atoms with Crippen molar-refractivity contribution in [1.82, 2.24) is 10.3 Å². The van der Waals surface area contributed by atoms with Gasteiger partial charge in [0, 0.05) is 35.7 Å². The van der Waals surface area contributed by atoms with Crippen LogP contribution in [0.3, 0.4) is 0 Å². The summed E-state index contributed by atoms with van der Waals surface area (Å²) in [5.41, 5.74) is 0.238. The first kappa shape index (κ1) is 22.2. The van der Waals surface area contributed by atoms with Crippen LogP contribution in [0, 0.1) is 16.7 Å². The van der Waals surface area contributed by atoms with Gasteiger partial charge in [-0.3, -0.25) is 4.79 Å². The van der Waals surface area contributed by atoms with Gasteiger partial charge in [0.1, 0.15) is 0 Å². The highest BCUT2D eigenvalue weighted by Gasteiger charge is 2.59. The summed E-state index contributed by atoms with van der Waals surface area (Å²) in [6.07, 6.45) is 4.81. The molecule has 2 aliphatic carbocycles. The van der Waals surface area contributed by atoms with Gasteiger partial charge in [-0.05, 0) is 37.0 Å². The zero-order valence-corrected chi connectivity index (χ0v) is 18.6. The molecule has 162 valence electrons. The van der Waals surface area contributed by atoms with Crippen LogP contribution >= 0.6 is 11.3 Å². The second-order valence-electron chi connectivity index (χ2n) is 9.08. The van der Waals surface area contributed by atoms with E-state index in [0.29, 0.717) is 25.9 Å². The van der Waals surface area contributed by atoms with Crippen LogP contribution in [0.2, 0.25) is 0 Å². The van der Waals surface area contributed by atoms with E-state index in [4.69, 9.17) is 4.98 Å². The molecule has 1 aromatic heterocycles. The van der Waals surface area contributed by atoms with Crippen LogP contribution in [0.4, 0.5) is 5.13 Å². The lowest BCUT2D eigenvalue weighted by Crippen LogP contribution is -2.57. The van der Waals surface area contributed by atoms with Crippen molar-refractivity contribution in [2.75, 3.05) is 25.0 Å². The van der Waals surface area contributed by atoms with Gasteiger partial charge < -0.3 is 20.8 Å². The molecule has 1 amide bonds. The highest BCUT2D eigenvalue weighted by atomic mass is 32.1. The first-order valence-corrected chi connectivity index (χ1v) is 11.5. The Balaban J connectivity index is 2.01. The van der Waals surface area contributed by atoms with Gasteiger partial charge in [0.2, 0.25) is 5.91 Å². The summed E-state index contributed by atoms with van der Waals surface area (Å²) in [4.78, 5) is 18.8. The number of amides is 1. The van der Waals surface area contributed by atoms with E-state index in [1.54, 1.807) is 17.4 Å². The summed E-state index contributed by atoms with van der Waals surface area (Å²) >= 11 is 1.63. The molecule has 0 aliphatic heterocycles. The Morgan fingerprint density at radius 2 is 2.21 bits per heavy atom. The minimum Gasteiger partial charge on any atom is -0.396 e. The van der Waals surface area contributed by atoms with Gasteiger partial charge in [-0.25, -0.2) is 4.98 Å². The van der Waals surface area contributed by atoms with Gasteiger partial charge in [-0.1, -0.05) is 26.8 Å². The summed E-state index contributed by atoms with van der Waals surface area (Å²) in [5.74, 6) is 0.116. The third-order valence-electron chi connectivity index (χ3n) is 7.25. The van der Waals surface area contributed by atoms with E-state index in [1.165, 1.54) is 4.88 Å². The number of fused-ring (bicyclic) bond motifs is 2. The molecule has 0 radical (unpaired) electrons. The SMILES string of the molecule is C=CCNc1nc2c(s1)CC1C(C)(CO)C(O)CCC1(C)C2CC(=O)NCCC. The molecule has 1 aromatic rings. The van der Waals surface area contributed by atoms with Gasteiger partial charge in [-0.2, -0.15) is 0 Å². The third-order valence-corrected chi connectivity index (χ3v) is 8.30. The van der Waals surface area contributed by atoms with Crippen LogP contribution in [-0.2, 0) is 11.2 Å². The van der Waals surface area contributed by atoms with E-state index in [0.717, 1.165) is 30.1 Å². The van der Waals surface area contributed by atoms with Crippen LogP contribution in [-0.4, -0.2) is 46.9 Å². The highest BCUT2D eigenvalue weighted by molar-refractivity contribution is 7.15. The number of rotatable bonds is 8. The summed E-state index contributed by atoms with van der Waals surface area (Å²) in [5, 5.41) is 28.2. The van der Waals surface area contributed by atoms with Crippen LogP contribution in [0.25, 0.3) is 0 Å². The first-order chi connectivity index (χ1) is 13.8. The molecule has 5 unspecified atom stereocenters. The monoisotopic (exact) mass is 421 g/mol. The fourth-order valence-corrected chi connectivity index (χ4v) is 6.48. The van der Waals surface area contributed by atoms with Crippen molar-refractivity contribution in [2.45, 2.75) is 64.9 Å². The maximum absolute atomic E-state index is 12.7. The molecular formula is C22H35N3O3S. The Morgan fingerprint density at radius 3 is 2.86 bits per heavy atom. The number of hydrogen-bond donors (Lipinski definition) is 4. The molecule has 1 heterocycles. The fraction of sp³-hybridized carbons (Fsp3) is 0.727. The van der Waals surface area contributed by atoms with Crippen molar-refractivity contribution in [3.05, 3.63) is 23.2 Å². The molecule has 0 saturated heterocycles. The van der Waals surface area contributed by atoms with E-state index in [9.17, 15) is 15.0 Å². The van der Waals surface area contributed by atoms with Crippen molar-refractivity contribution in [1.29, 1.82) is 0 Å². The quantitative estimate of drug-likeness (QED) is 0.484. The number of nitrogens with one attached hydrogen (secondary N) is 2. The summed E-state index contributed by atoms with van der Waals surface area (Å²) in [7, 11) is 0. The van der Waals surface area contributed by atoms with Crippen molar-refractivity contribution in [3.63, 3.8) is 0 Å². The molecule has 1 saturated carbocycles. The number of aliphatic hydroxyl groups excluding tert-OH is 2. The topological polar surface area (TPSA) is 94.5 Å². The Labute approximate surface area is 177 Å². The van der Waals surface area contributed by atoms with Gasteiger partial charge >= 0.3 is 0 Å². The lowest BCUT2D eigenvalue weighted by molar-refractivity contribution is -0.144. The van der Waals surface area contributed by atoms with Crippen molar-refractivity contribution in [3.8, 4) is 0 Å². The third kappa shape index (κ3) is 3.97. The van der Waals surface area contributed by atoms with Crippen molar-refractivity contribution in [2.24, 2.45) is 16.7 Å². The normalized spacial score (nSPS) is 33.5. The summed E-state index contributed by atoms with van der Waals surface area (Å²) in [6.45, 7) is 11.3. The number of hydrogen-bond acceptors (Lipinski definition) is 6. The molecule has 0 spiro atoms. The largest absolute Gasteiger partial charge is 0.396 e. The van der Waals surface area contributed by atoms with Crippen LogP contribution < -0.4 is 10.6 Å². The molecule has 29 heavy (non-hydrogen) atoms. The number of anilines is 1. The molecule has 4 N–H and O–H groups in total. The number of carbonyl (C=O) groups is 1. The molecular weight excluding hydrogens is 386 g/mol. The van der Waals surface area contributed by atoms with E-state index in [-0.39, 0.29) is 29.8 Å². The average Bonchev–Trinajstić information content (AvgIpc) is 3.12. The molecule has 0 bridgehead atoms. The van der Waals surface area contributed by atoms with Gasteiger partial charge in [0.15, 0.2) is 5.13 Å². The molecule has 2 aliphatic rings. The standard InChI is InChI=1S/C22H35N3O3S/c1-5-9-23-18(28)11-14-19-15(29-20(25-19)24-10-6-2)12-16-21(14,3)8-7-17(27)22(16,4)13-26/h6,14,16-17,26-27H,2,5,7-13H2,1,3-4H3,(H,23,28)(H,24,25). The van der Waals surface area contributed by atoms with Crippen molar-refractivity contribution >= 4 is 22.4 Å².